The number of aliphatic carboxylic acids is 1. The summed E-state index contributed by atoms with van der Waals surface area (Å²) in [5.74, 6) is -2.16. The van der Waals surface area contributed by atoms with Crippen LogP contribution in [0.1, 0.15) is 119 Å². The minimum Gasteiger partial charge on any atom is -0.480 e. The number of halogens is 3. The first-order chi connectivity index (χ1) is 46.1. The molecule has 496 valence electrons. The van der Waals surface area contributed by atoms with Crippen molar-refractivity contribution >= 4 is 60.4 Å². The molecule has 96 heavy (non-hydrogen) atoms. The molecule has 4 amide bonds. The van der Waals surface area contributed by atoms with Crippen LogP contribution >= 0.6 is 0 Å². The summed E-state index contributed by atoms with van der Waals surface area (Å²) < 4.78 is 63.7. The van der Waals surface area contributed by atoms with Gasteiger partial charge < -0.3 is 34.3 Å². The van der Waals surface area contributed by atoms with Gasteiger partial charge in [0.25, 0.3) is 0 Å². The molecule has 0 bridgehead atoms. The number of para-hydroxylation sites is 1. The molecule has 23 heteroatoms. The van der Waals surface area contributed by atoms with Crippen LogP contribution in [0.2, 0.25) is 0 Å². The van der Waals surface area contributed by atoms with Gasteiger partial charge in [-0.3, -0.25) is 19.4 Å². The lowest BCUT2D eigenvalue weighted by Gasteiger charge is -2.51. The number of aldehydes is 1. The zero-order valence-electron chi connectivity index (χ0n) is 53.6. The molecule has 3 aromatic heterocycles. The Hall–Kier alpha value is -10.1. The van der Waals surface area contributed by atoms with Gasteiger partial charge in [0.1, 0.15) is 53.6 Å². The van der Waals surface area contributed by atoms with Crippen LogP contribution in [0, 0.1) is 33.7 Å². The number of ether oxygens (including phenoxy) is 3. The quantitative estimate of drug-likeness (QED) is 0.0909. The summed E-state index contributed by atoms with van der Waals surface area (Å²) in [6.45, 7) is 7.58. The zero-order chi connectivity index (χ0) is 66.9. The van der Waals surface area contributed by atoms with E-state index in [9.17, 15) is 41.9 Å². The normalized spacial score (nSPS) is 26.4. The minimum atomic E-state index is -1.05. The molecule has 9 aliphatic rings. The third-order valence-electron chi connectivity index (χ3n) is 21.9. The summed E-state index contributed by atoms with van der Waals surface area (Å²) in [5, 5.41) is 25.7. The highest BCUT2D eigenvalue weighted by Gasteiger charge is 2.64. The fraction of sp³-hybridized carbons (Fsp3) is 0.384. The van der Waals surface area contributed by atoms with Crippen LogP contribution in [0.3, 0.4) is 0 Å². The monoisotopic (exact) mass is 1310 g/mol. The number of hydrogen-bond acceptors (Lipinski definition) is 12. The number of nitrogens with zero attached hydrogens (tertiary/aromatic N) is 9. The number of rotatable bonds is 11. The highest BCUT2D eigenvalue weighted by Crippen LogP contribution is 2.60. The van der Waals surface area contributed by atoms with Crippen LogP contribution < -0.4 is 5.32 Å². The molecule has 0 unspecified atom stereocenters. The Bertz CT molecular complexity index is 4360. The summed E-state index contributed by atoms with van der Waals surface area (Å²) in [4.78, 5) is 77.0. The van der Waals surface area contributed by atoms with E-state index in [1.165, 1.54) is 62.9 Å². The number of anilines is 1. The molecular weight excluding hydrogens is 1230 g/mol. The largest absolute Gasteiger partial charge is 0.480 e. The third kappa shape index (κ3) is 10.9. The molecule has 4 aromatic carbocycles. The van der Waals surface area contributed by atoms with Crippen LogP contribution in [-0.2, 0) is 47.9 Å². The van der Waals surface area contributed by atoms with E-state index in [-0.39, 0.29) is 54.5 Å². The van der Waals surface area contributed by atoms with Gasteiger partial charge in [-0.15, -0.1) is 0 Å². The number of carbonyl (C=O) groups excluding carboxylic acids is 5. The van der Waals surface area contributed by atoms with E-state index in [4.69, 9.17) is 19.3 Å². The Kier molecular flexibility index (Phi) is 16.0. The molecule has 6 fully saturated rings. The molecule has 3 saturated carbocycles. The van der Waals surface area contributed by atoms with Crippen molar-refractivity contribution < 1.29 is 61.3 Å². The number of fused-ring (bicyclic) bond motifs is 9. The Labute approximate surface area is 552 Å². The van der Waals surface area contributed by atoms with Gasteiger partial charge in [0.05, 0.1) is 72.4 Å². The van der Waals surface area contributed by atoms with Gasteiger partial charge in [-0.25, -0.2) is 41.6 Å². The summed E-state index contributed by atoms with van der Waals surface area (Å²) in [7, 11) is 0. The number of carbonyl (C=O) groups is 6. The van der Waals surface area contributed by atoms with Crippen LogP contribution in [-0.4, -0.2) is 142 Å². The molecule has 7 aromatic rings. The average Bonchev–Trinajstić information content (AvgIpc) is 1.44. The number of aromatic nitrogens is 6. The van der Waals surface area contributed by atoms with E-state index in [1.54, 1.807) is 46.0 Å². The SMILES string of the molecule is C[C@]12Cc3cnn(-c4ccc(F)cc4)c3C=C1CCC[C@@]21CN(CC(=O)Nc2ccccc2)C(=O)O1.C[C@]12Cc3cnn(-c4ccc(F)cc4)c3C=C1CCC[C@@]21CN(CC(=O)O)C(=O)O1.C[C@]12Cc3cnn(-c4ccc(F)cc4)c3C=C1CCC[C@@]21CN(CCC=O)C(=O)O1. The molecule has 16 rings (SSSR count). The molecule has 3 aliphatic heterocycles. The first kappa shape index (κ1) is 63.3. The number of carboxylic acid groups (broad SMARTS) is 1. The van der Waals surface area contributed by atoms with E-state index in [2.05, 4.69) is 59.6 Å². The second kappa shape index (κ2) is 24.3. The van der Waals surface area contributed by atoms with Gasteiger partial charge in [-0.1, -0.05) is 55.7 Å². The molecule has 6 aliphatic carbocycles. The second-order valence-electron chi connectivity index (χ2n) is 27.4. The standard InChI is InChI=1S/C28H27FN4O3.C23H24FN3O3.C22H22FN3O4/c1-27-15-19-16-30-33(23-11-9-21(29)10-12-23)24(19)14-20(27)6-5-13-28(27)18-32(26(35)36-28)17-25(34)31-22-7-3-2-4-8-22;1-22-13-16-14-25-27(19-7-5-18(24)6-8-19)20(16)12-17(22)4-2-9-23(22)15-26(10-3-11-28)21(29)30-23;1-21-10-14-11-24-26(17-6-4-16(23)5-7-17)18(14)9-15(21)3-2-8-22(21)13-25(12-19(27)28)20(29)30-22/h2-4,7-12,14,16H,5-6,13,15,17-18H2,1H3,(H,31,34);5-8,11-12,14H,2-4,9-10,13,15H2,1H3;4-7,9,11H,2-3,8,10,12-13H2,1H3,(H,27,28)/t27-,28+;22-,23+;21-,22+/m000/s1. The molecule has 6 atom stereocenters. The topological polar surface area (TPSA) is 226 Å². The van der Waals surface area contributed by atoms with Crippen molar-refractivity contribution in [3.05, 3.63) is 190 Å². The minimum absolute atomic E-state index is 0.0572. The molecule has 20 nitrogen and oxygen atoms in total. The lowest BCUT2D eigenvalue weighted by Crippen LogP contribution is -2.55. The maximum atomic E-state index is 13.4. The van der Waals surface area contributed by atoms with Crippen LogP contribution in [0.25, 0.3) is 35.3 Å². The molecule has 2 N–H and O–H groups in total. The lowest BCUT2D eigenvalue weighted by molar-refractivity contribution is -0.137. The first-order valence-electron chi connectivity index (χ1n) is 32.7. The van der Waals surface area contributed by atoms with Gasteiger partial charge in [0.2, 0.25) is 5.91 Å². The van der Waals surface area contributed by atoms with Crippen LogP contribution in [0.15, 0.2) is 138 Å². The summed E-state index contributed by atoms with van der Waals surface area (Å²) >= 11 is 0. The summed E-state index contributed by atoms with van der Waals surface area (Å²) in [6, 6.07) is 28.0. The maximum absolute atomic E-state index is 13.4. The molecule has 6 heterocycles. The zero-order valence-corrected chi connectivity index (χ0v) is 53.6. The Morgan fingerprint density at radius 3 is 1.24 bits per heavy atom. The van der Waals surface area contributed by atoms with Crippen molar-refractivity contribution in [2.75, 3.05) is 44.6 Å². The molecule has 3 saturated heterocycles. The Morgan fingerprint density at radius 2 is 0.875 bits per heavy atom. The Balaban J connectivity index is 0.000000125. The molecular formula is C73H73F3N10O10. The number of carboxylic acids is 1. The lowest BCUT2D eigenvalue weighted by atomic mass is 9.57. The first-order valence-corrected chi connectivity index (χ1v) is 32.7. The smallest absolute Gasteiger partial charge is 0.411 e. The highest BCUT2D eigenvalue weighted by atomic mass is 19.1. The fourth-order valence-corrected chi connectivity index (χ4v) is 16.6. The van der Waals surface area contributed by atoms with E-state index in [0.717, 1.165) is 115 Å². The summed E-state index contributed by atoms with van der Waals surface area (Å²) in [6.07, 6.45) is 21.5. The van der Waals surface area contributed by atoms with Gasteiger partial charge >= 0.3 is 24.2 Å². The van der Waals surface area contributed by atoms with Crippen molar-refractivity contribution in [3.63, 3.8) is 0 Å². The summed E-state index contributed by atoms with van der Waals surface area (Å²) in [5.41, 5.74) is 9.65. The predicted molar refractivity (Wildman–Crippen MR) is 347 cm³/mol. The van der Waals surface area contributed by atoms with Gasteiger partial charge in [0.15, 0.2) is 0 Å². The van der Waals surface area contributed by atoms with Crippen molar-refractivity contribution in [3.8, 4) is 17.1 Å². The molecule has 3 spiro atoms. The van der Waals surface area contributed by atoms with E-state index < -0.39 is 45.8 Å². The number of nitrogens with one attached hydrogen (secondary N) is 1. The van der Waals surface area contributed by atoms with Crippen LogP contribution in [0.4, 0.5) is 33.2 Å². The average molecular weight is 1310 g/mol. The van der Waals surface area contributed by atoms with E-state index >= 15 is 0 Å². The Morgan fingerprint density at radius 1 is 0.521 bits per heavy atom. The van der Waals surface area contributed by atoms with Gasteiger partial charge in [-0.2, -0.15) is 15.3 Å². The van der Waals surface area contributed by atoms with Crippen molar-refractivity contribution in [2.45, 2.75) is 121 Å². The van der Waals surface area contributed by atoms with E-state index in [0.29, 0.717) is 51.0 Å². The predicted octanol–water partition coefficient (Wildman–Crippen LogP) is 12.3. The van der Waals surface area contributed by atoms with Crippen molar-refractivity contribution in [1.82, 2.24) is 44.0 Å². The third-order valence-corrected chi connectivity index (χ3v) is 21.9. The van der Waals surface area contributed by atoms with E-state index in [1.807, 2.05) is 58.3 Å². The van der Waals surface area contributed by atoms with Crippen LogP contribution in [0.5, 0.6) is 0 Å². The number of amides is 4. The number of benzene rings is 4. The van der Waals surface area contributed by atoms with Gasteiger partial charge in [0, 0.05) is 34.9 Å². The molecule has 0 radical (unpaired) electrons. The second-order valence-corrected chi connectivity index (χ2v) is 27.4. The maximum Gasteiger partial charge on any atom is 0.411 e. The highest BCUT2D eigenvalue weighted by molar-refractivity contribution is 5.94. The van der Waals surface area contributed by atoms with Gasteiger partial charge in [-0.05, 0) is 197 Å². The number of hydrogen-bond donors (Lipinski definition) is 2. The van der Waals surface area contributed by atoms with Crippen molar-refractivity contribution in [2.24, 2.45) is 16.2 Å². The van der Waals surface area contributed by atoms with Crippen molar-refractivity contribution in [1.29, 1.82) is 0 Å². The fourth-order valence-electron chi connectivity index (χ4n) is 16.6.